The van der Waals surface area contributed by atoms with Crippen molar-refractivity contribution in [3.8, 4) is 0 Å². The second-order valence-corrected chi connectivity index (χ2v) is 4.44. The van der Waals surface area contributed by atoms with Gasteiger partial charge in [0.1, 0.15) is 5.82 Å². The summed E-state index contributed by atoms with van der Waals surface area (Å²) >= 11 is 5.43. The summed E-state index contributed by atoms with van der Waals surface area (Å²) in [5, 5.41) is 9.83. The molecule has 110 valence electrons. The number of carbonyl (C=O) groups is 2. The Morgan fingerprint density at radius 1 is 1.30 bits per heavy atom. The number of hydrogen-bond donors (Lipinski definition) is 2. The van der Waals surface area contributed by atoms with E-state index in [0.29, 0.717) is 0 Å². The summed E-state index contributed by atoms with van der Waals surface area (Å²) in [4.78, 5) is 22.3. The highest BCUT2D eigenvalue weighted by Crippen LogP contribution is 2.31. The Morgan fingerprint density at radius 2 is 1.85 bits per heavy atom. The van der Waals surface area contributed by atoms with Crippen LogP contribution in [0.2, 0.25) is 5.02 Å². The van der Waals surface area contributed by atoms with Crippen LogP contribution in [0.15, 0.2) is 18.2 Å². The van der Waals surface area contributed by atoms with Crippen molar-refractivity contribution in [2.75, 3.05) is 0 Å². The molecule has 1 aromatic carbocycles. The third-order valence-corrected chi connectivity index (χ3v) is 2.77. The number of rotatable bonds is 3. The molecule has 0 aromatic heterocycles. The highest BCUT2D eigenvalue weighted by molar-refractivity contribution is 6.30. The zero-order valence-corrected chi connectivity index (χ0v) is 10.6. The highest BCUT2D eigenvalue weighted by atomic mass is 35.5. The van der Waals surface area contributed by atoms with Gasteiger partial charge in [-0.05, 0) is 25.1 Å². The Hall–Kier alpha value is -1.83. The lowest BCUT2D eigenvalue weighted by atomic mass is 10.0. The van der Waals surface area contributed by atoms with Gasteiger partial charge in [-0.2, -0.15) is 13.2 Å². The van der Waals surface area contributed by atoms with E-state index in [1.807, 2.05) is 0 Å². The van der Waals surface area contributed by atoms with Crippen LogP contribution in [-0.4, -0.2) is 28.7 Å². The second-order valence-electron chi connectivity index (χ2n) is 4.01. The summed E-state index contributed by atoms with van der Waals surface area (Å²) < 4.78 is 51.5. The van der Waals surface area contributed by atoms with E-state index in [9.17, 15) is 27.2 Å². The normalized spacial score (nSPS) is 14.5. The molecule has 0 fully saturated rings. The van der Waals surface area contributed by atoms with Gasteiger partial charge in [0.05, 0.1) is 5.56 Å². The van der Waals surface area contributed by atoms with E-state index >= 15 is 0 Å². The summed E-state index contributed by atoms with van der Waals surface area (Å²) in [5.74, 6) is -4.99. The minimum Gasteiger partial charge on any atom is -0.479 e. The van der Waals surface area contributed by atoms with E-state index in [2.05, 4.69) is 0 Å². The van der Waals surface area contributed by atoms with Crippen LogP contribution in [0, 0.1) is 5.82 Å². The molecule has 1 rings (SSSR count). The molecule has 0 aliphatic rings. The average molecular weight is 314 g/mol. The summed E-state index contributed by atoms with van der Waals surface area (Å²) in [6.07, 6.45) is -5.25. The van der Waals surface area contributed by atoms with Crippen LogP contribution in [0.25, 0.3) is 0 Å². The summed E-state index contributed by atoms with van der Waals surface area (Å²) in [7, 11) is 0. The third-order valence-electron chi connectivity index (χ3n) is 2.53. The Labute approximate surface area is 115 Å². The minimum absolute atomic E-state index is 0.0594. The molecule has 4 nitrogen and oxygen atoms in total. The Bertz CT molecular complexity index is 561. The molecule has 0 saturated carbocycles. The molecule has 20 heavy (non-hydrogen) atoms. The van der Waals surface area contributed by atoms with Crippen molar-refractivity contribution in [3.05, 3.63) is 34.6 Å². The van der Waals surface area contributed by atoms with Crippen LogP contribution in [0.5, 0.6) is 0 Å². The lowest BCUT2D eigenvalue weighted by Gasteiger charge is -2.28. The number of carbonyl (C=O) groups excluding carboxylic acids is 1. The van der Waals surface area contributed by atoms with E-state index in [4.69, 9.17) is 16.7 Å². The van der Waals surface area contributed by atoms with E-state index in [1.54, 1.807) is 0 Å². The van der Waals surface area contributed by atoms with E-state index in [-0.39, 0.29) is 11.9 Å². The maximum absolute atomic E-state index is 13.4. The fourth-order valence-electron chi connectivity index (χ4n) is 1.21. The number of hydrogen-bond acceptors (Lipinski definition) is 2. The predicted octanol–water partition coefficient (Wildman–Crippen LogP) is 2.61. The molecule has 1 atom stereocenters. The fourth-order valence-corrected chi connectivity index (χ4v) is 1.37. The quantitative estimate of drug-likeness (QED) is 0.843. The monoisotopic (exact) mass is 313 g/mol. The second kappa shape index (κ2) is 5.28. The van der Waals surface area contributed by atoms with Gasteiger partial charge in [0.25, 0.3) is 5.91 Å². The molecule has 9 heteroatoms. The smallest absolute Gasteiger partial charge is 0.422 e. The third kappa shape index (κ3) is 3.01. The summed E-state index contributed by atoms with van der Waals surface area (Å²) in [5.41, 5.74) is -4.28. The number of alkyl halides is 3. The standard InChI is InChI=1S/C11H8ClF4NO3/c1-10(9(19)20,11(14,15)16)17-8(18)6-3-2-5(12)4-7(6)13/h2-4H,1H3,(H,17,18)(H,19,20). The van der Waals surface area contributed by atoms with Gasteiger partial charge in [-0.1, -0.05) is 11.6 Å². The molecule has 0 saturated heterocycles. The molecule has 1 aromatic rings. The van der Waals surface area contributed by atoms with Gasteiger partial charge in [0, 0.05) is 5.02 Å². The topological polar surface area (TPSA) is 66.4 Å². The molecule has 0 heterocycles. The maximum Gasteiger partial charge on any atom is 0.422 e. The average Bonchev–Trinajstić information content (AvgIpc) is 2.26. The Kier molecular flexibility index (Phi) is 4.28. The number of aliphatic carboxylic acids is 1. The first-order chi connectivity index (χ1) is 8.99. The number of halogens is 5. The molecule has 1 unspecified atom stereocenters. The van der Waals surface area contributed by atoms with Crippen molar-refractivity contribution in [2.45, 2.75) is 18.6 Å². The zero-order valence-electron chi connectivity index (χ0n) is 9.89. The van der Waals surface area contributed by atoms with Gasteiger partial charge in [0.2, 0.25) is 5.54 Å². The minimum atomic E-state index is -5.25. The lowest BCUT2D eigenvalue weighted by Crippen LogP contribution is -2.62. The van der Waals surface area contributed by atoms with Crippen LogP contribution in [0.4, 0.5) is 17.6 Å². The van der Waals surface area contributed by atoms with Crippen molar-refractivity contribution in [3.63, 3.8) is 0 Å². The molecule has 0 aliphatic heterocycles. The number of carboxylic acid groups (broad SMARTS) is 1. The van der Waals surface area contributed by atoms with Crippen LogP contribution in [0.3, 0.4) is 0 Å². The van der Waals surface area contributed by atoms with Crippen molar-refractivity contribution in [2.24, 2.45) is 0 Å². The molecular formula is C11H8ClF4NO3. The molecule has 1 amide bonds. The summed E-state index contributed by atoms with van der Waals surface area (Å²) in [6, 6.07) is 2.67. The van der Waals surface area contributed by atoms with Crippen LogP contribution >= 0.6 is 11.6 Å². The molecular weight excluding hydrogens is 306 g/mol. The molecule has 0 bridgehead atoms. The van der Waals surface area contributed by atoms with Gasteiger partial charge < -0.3 is 10.4 Å². The largest absolute Gasteiger partial charge is 0.479 e. The number of benzene rings is 1. The first kappa shape index (κ1) is 16.2. The number of amides is 1. The van der Waals surface area contributed by atoms with Crippen molar-refractivity contribution < 1.29 is 32.3 Å². The van der Waals surface area contributed by atoms with E-state index < -0.39 is 35.0 Å². The molecule has 0 spiro atoms. The fraction of sp³-hybridized carbons (Fsp3) is 0.273. The predicted molar refractivity (Wildman–Crippen MR) is 61.0 cm³/mol. The Balaban J connectivity index is 3.13. The number of carboxylic acids is 1. The maximum atomic E-state index is 13.4. The number of nitrogens with one attached hydrogen (secondary N) is 1. The highest BCUT2D eigenvalue weighted by Gasteiger charge is 2.58. The van der Waals surface area contributed by atoms with Crippen LogP contribution < -0.4 is 5.32 Å². The van der Waals surface area contributed by atoms with Crippen LogP contribution in [-0.2, 0) is 4.79 Å². The lowest BCUT2D eigenvalue weighted by molar-refractivity contribution is -0.203. The van der Waals surface area contributed by atoms with Crippen molar-refractivity contribution in [1.82, 2.24) is 5.32 Å². The van der Waals surface area contributed by atoms with Gasteiger partial charge in [-0.3, -0.25) is 4.79 Å². The summed E-state index contributed by atoms with van der Waals surface area (Å²) in [6.45, 7) is 0.265. The Morgan fingerprint density at radius 3 is 2.25 bits per heavy atom. The first-order valence-corrected chi connectivity index (χ1v) is 5.44. The van der Waals surface area contributed by atoms with Crippen molar-refractivity contribution >= 4 is 23.5 Å². The van der Waals surface area contributed by atoms with Gasteiger partial charge in [-0.25, -0.2) is 9.18 Å². The van der Waals surface area contributed by atoms with E-state index in [0.717, 1.165) is 18.2 Å². The zero-order chi connectivity index (χ0) is 15.7. The molecule has 2 N–H and O–H groups in total. The first-order valence-electron chi connectivity index (χ1n) is 5.06. The van der Waals surface area contributed by atoms with Gasteiger partial charge in [0.15, 0.2) is 0 Å². The van der Waals surface area contributed by atoms with E-state index in [1.165, 1.54) is 5.32 Å². The molecule has 0 radical (unpaired) electrons. The van der Waals surface area contributed by atoms with Gasteiger partial charge >= 0.3 is 12.1 Å². The van der Waals surface area contributed by atoms with Crippen LogP contribution in [0.1, 0.15) is 17.3 Å². The SMILES string of the molecule is CC(NC(=O)c1ccc(Cl)cc1F)(C(=O)O)C(F)(F)F. The molecule has 0 aliphatic carbocycles. The van der Waals surface area contributed by atoms with Gasteiger partial charge in [-0.15, -0.1) is 0 Å². The van der Waals surface area contributed by atoms with Crippen molar-refractivity contribution in [1.29, 1.82) is 0 Å².